The molecule has 5 heteroatoms. The van der Waals surface area contributed by atoms with Gasteiger partial charge >= 0.3 is 5.97 Å². The lowest BCUT2D eigenvalue weighted by Crippen LogP contribution is -1.98. The molecule has 2 aromatic rings. The van der Waals surface area contributed by atoms with Crippen LogP contribution in [0.4, 0.5) is 0 Å². The molecule has 0 spiro atoms. The van der Waals surface area contributed by atoms with E-state index in [2.05, 4.69) is 0 Å². The van der Waals surface area contributed by atoms with Crippen LogP contribution in [0.15, 0.2) is 34.7 Å². The Hall–Kier alpha value is -1.45. The quantitative estimate of drug-likeness (QED) is 0.911. The van der Waals surface area contributed by atoms with Crippen molar-refractivity contribution in [3.8, 4) is 11.3 Å². The number of furan rings is 1. The molecule has 0 amide bonds. The molecule has 2 atom stereocenters. The van der Waals surface area contributed by atoms with E-state index in [4.69, 9.17) is 32.7 Å². The number of aliphatic carboxylic acids is 1. The maximum atomic E-state index is 10.8. The van der Waals surface area contributed by atoms with Crippen molar-refractivity contribution in [3.63, 3.8) is 0 Å². The van der Waals surface area contributed by atoms with Crippen LogP contribution in [0.5, 0.6) is 0 Å². The molecule has 1 aliphatic carbocycles. The van der Waals surface area contributed by atoms with Crippen LogP contribution in [0.1, 0.15) is 18.1 Å². The second kappa shape index (κ2) is 4.58. The Morgan fingerprint density at radius 1 is 1.26 bits per heavy atom. The Morgan fingerprint density at radius 2 is 2.05 bits per heavy atom. The van der Waals surface area contributed by atoms with Crippen LogP contribution >= 0.6 is 23.2 Å². The Kier molecular flexibility index (Phi) is 3.03. The number of carboxylic acid groups (broad SMARTS) is 1. The van der Waals surface area contributed by atoms with E-state index in [1.165, 1.54) is 0 Å². The minimum atomic E-state index is -0.774. The molecule has 0 bridgehead atoms. The standard InChI is InChI=1S/C14H10Cl2O3/c15-7-1-2-11(16)10(5-7)13-4-3-12(19-13)8-6-9(8)14(17)18/h1-5,8-9H,6H2,(H,17,18). The third kappa shape index (κ3) is 2.36. The van der Waals surface area contributed by atoms with E-state index in [1.807, 2.05) is 0 Å². The number of rotatable bonds is 3. The van der Waals surface area contributed by atoms with Crippen LogP contribution in [0.2, 0.25) is 10.0 Å². The Morgan fingerprint density at radius 3 is 2.74 bits per heavy atom. The highest BCUT2D eigenvalue weighted by molar-refractivity contribution is 6.35. The fourth-order valence-electron chi connectivity index (χ4n) is 2.17. The van der Waals surface area contributed by atoms with E-state index in [1.54, 1.807) is 30.3 Å². The zero-order valence-electron chi connectivity index (χ0n) is 9.77. The van der Waals surface area contributed by atoms with Crippen molar-refractivity contribution < 1.29 is 14.3 Å². The van der Waals surface area contributed by atoms with Gasteiger partial charge in [0.25, 0.3) is 0 Å². The zero-order valence-corrected chi connectivity index (χ0v) is 11.3. The molecule has 3 nitrogen and oxygen atoms in total. The van der Waals surface area contributed by atoms with Gasteiger partial charge in [0.15, 0.2) is 0 Å². The van der Waals surface area contributed by atoms with Crippen molar-refractivity contribution in [1.82, 2.24) is 0 Å². The van der Waals surface area contributed by atoms with Gasteiger partial charge in [-0.3, -0.25) is 4.79 Å². The van der Waals surface area contributed by atoms with Crippen molar-refractivity contribution >= 4 is 29.2 Å². The van der Waals surface area contributed by atoms with Crippen LogP contribution in [0.25, 0.3) is 11.3 Å². The lowest BCUT2D eigenvalue weighted by molar-refractivity contribution is -0.138. The molecule has 1 aliphatic rings. The van der Waals surface area contributed by atoms with Gasteiger partial charge in [-0.2, -0.15) is 0 Å². The third-order valence-electron chi connectivity index (χ3n) is 3.29. The van der Waals surface area contributed by atoms with Gasteiger partial charge in [0.1, 0.15) is 11.5 Å². The first-order chi connectivity index (χ1) is 9.06. The van der Waals surface area contributed by atoms with Crippen LogP contribution < -0.4 is 0 Å². The summed E-state index contributed by atoms with van der Waals surface area (Å²) in [5, 5.41) is 10.0. The van der Waals surface area contributed by atoms with Crippen molar-refractivity contribution in [2.45, 2.75) is 12.3 Å². The van der Waals surface area contributed by atoms with E-state index < -0.39 is 5.97 Å². The Labute approximate surface area is 119 Å². The molecule has 0 aliphatic heterocycles. The molecular formula is C14H10Cl2O3. The van der Waals surface area contributed by atoms with Crippen LogP contribution in [-0.2, 0) is 4.79 Å². The minimum absolute atomic E-state index is 0.0239. The van der Waals surface area contributed by atoms with Gasteiger partial charge < -0.3 is 9.52 Å². The molecular weight excluding hydrogens is 287 g/mol. The summed E-state index contributed by atoms with van der Waals surface area (Å²) in [4.78, 5) is 10.8. The molecule has 19 heavy (non-hydrogen) atoms. The average Bonchev–Trinajstić information content (AvgIpc) is 3.04. The fraction of sp³-hybridized carbons (Fsp3) is 0.214. The number of hydrogen-bond donors (Lipinski definition) is 1. The smallest absolute Gasteiger partial charge is 0.307 e. The van der Waals surface area contributed by atoms with Crippen molar-refractivity contribution in [3.05, 3.63) is 46.1 Å². The highest BCUT2D eigenvalue weighted by Gasteiger charge is 2.46. The molecule has 1 heterocycles. The van der Waals surface area contributed by atoms with Gasteiger partial charge in [0.2, 0.25) is 0 Å². The van der Waals surface area contributed by atoms with Crippen LogP contribution in [0.3, 0.4) is 0 Å². The third-order valence-corrected chi connectivity index (χ3v) is 3.86. The second-order valence-electron chi connectivity index (χ2n) is 4.61. The predicted octanol–water partition coefficient (Wildman–Crippen LogP) is 4.44. The molecule has 1 N–H and O–H groups in total. The molecule has 1 aromatic heterocycles. The summed E-state index contributed by atoms with van der Waals surface area (Å²) in [5.41, 5.74) is 0.716. The molecule has 0 radical (unpaired) electrons. The van der Waals surface area contributed by atoms with Crippen LogP contribution in [-0.4, -0.2) is 11.1 Å². The Bertz CT molecular complexity index is 648. The number of carbonyl (C=O) groups is 1. The fourth-order valence-corrected chi connectivity index (χ4v) is 2.55. The summed E-state index contributed by atoms with van der Waals surface area (Å²) in [5.74, 6) is 0.179. The molecule has 98 valence electrons. The predicted molar refractivity (Wildman–Crippen MR) is 72.6 cm³/mol. The van der Waals surface area contributed by atoms with E-state index in [-0.39, 0.29) is 11.8 Å². The minimum Gasteiger partial charge on any atom is -0.481 e. The summed E-state index contributed by atoms with van der Waals surface area (Å²) in [6.45, 7) is 0. The first-order valence-electron chi connectivity index (χ1n) is 5.84. The topological polar surface area (TPSA) is 50.4 Å². The summed E-state index contributed by atoms with van der Waals surface area (Å²) < 4.78 is 5.70. The van der Waals surface area contributed by atoms with Gasteiger partial charge in [0, 0.05) is 16.5 Å². The maximum Gasteiger partial charge on any atom is 0.307 e. The summed E-state index contributed by atoms with van der Waals surface area (Å²) in [6, 6.07) is 8.75. The second-order valence-corrected chi connectivity index (χ2v) is 5.46. The zero-order chi connectivity index (χ0) is 13.6. The first kappa shape index (κ1) is 12.6. The van der Waals surface area contributed by atoms with Gasteiger partial charge in [-0.05, 0) is 36.8 Å². The summed E-state index contributed by atoms with van der Waals surface area (Å²) in [7, 11) is 0. The van der Waals surface area contributed by atoms with Crippen molar-refractivity contribution in [2.24, 2.45) is 5.92 Å². The van der Waals surface area contributed by atoms with Crippen LogP contribution in [0, 0.1) is 5.92 Å². The van der Waals surface area contributed by atoms with E-state index in [9.17, 15) is 4.79 Å². The largest absolute Gasteiger partial charge is 0.481 e. The first-order valence-corrected chi connectivity index (χ1v) is 6.60. The number of hydrogen-bond acceptors (Lipinski definition) is 2. The van der Waals surface area contributed by atoms with Gasteiger partial charge in [0.05, 0.1) is 10.9 Å². The monoisotopic (exact) mass is 296 g/mol. The van der Waals surface area contributed by atoms with E-state index in [0.717, 1.165) is 0 Å². The number of benzene rings is 1. The molecule has 1 fully saturated rings. The SMILES string of the molecule is O=C(O)C1CC1c1ccc(-c2cc(Cl)ccc2Cl)o1. The number of carboxylic acids is 1. The molecule has 0 saturated heterocycles. The lowest BCUT2D eigenvalue weighted by Gasteiger charge is -2.01. The van der Waals surface area contributed by atoms with Gasteiger partial charge in [-0.1, -0.05) is 23.2 Å². The normalized spacial score (nSPS) is 21.4. The van der Waals surface area contributed by atoms with E-state index >= 15 is 0 Å². The van der Waals surface area contributed by atoms with Gasteiger partial charge in [-0.25, -0.2) is 0 Å². The van der Waals surface area contributed by atoms with Gasteiger partial charge in [-0.15, -0.1) is 0 Å². The maximum absolute atomic E-state index is 10.8. The highest BCUT2D eigenvalue weighted by Crippen LogP contribution is 2.49. The number of halogens is 2. The molecule has 1 saturated carbocycles. The lowest BCUT2D eigenvalue weighted by atomic mass is 10.2. The summed E-state index contributed by atoms with van der Waals surface area (Å²) in [6.07, 6.45) is 0.631. The van der Waals surface area contributed by atoms with Crippen molar-refractivity contribution in [2.75, 3.05) is 0 Å². The Balaban J connectivity index is 1.90. The molecule has 3 rings (SSSR count). The van der Waals surface area contributed by atoms with E-state index in [0.29, 0.717) is 33.6 Å². The summed E-state index contributed by atoms with van der Waals surface area (Å²) >= 11 is 12.0. The molecule has 1 aromatic carbocycles. The molecule has 2 unspecified atom stereocenters. The highest BCUT2D eigenvalue weighted by atomic mass is 35.5. The van der Waals surface area contributed by atoms with Crippen molar-refractivity contribution in [1.29, 1.82) is 0 Å². The average molecular weight is 297 g/mol.